The van der Waals surface area contributed by atoms with E-state index in [1.54, 1.807) is 13.3 Å². The first-order valence-electron chi connectivity index (χ1n) is 11.4. The Kier molecular flexibility index (Phi) is 10.4. The van der Waals surface area contributed by atoms with E-state index in [0.29, 0.717) is 24.9 Å². The SMILES string of the molecule is CCCCCCCN1C[C@H](C)[C@@H](OCP(C)(C)=O)[C@@H](OCc2ccccc2)[C@H]1C. The Morgan fingerprint density at radius 3 is 2.34 bits per heavy atom. The summed E-state index contributed by atoms with van der Waals surface area (Å²) in [6.45, 7) is 13.1. The van der Waals surface area contributed by atoms with Gasteiger partial charge in [0.05, 0.1) is 25.2 Å². The monoisotopic (exact) mass is 423 g/mol. The number of ether oxygens (including phenoxy) is 2. The molecule has 0 saturated carbocycles. The summed E-state index contributed by atoms with van der Waals surface area (Å²) < 4.78 is 24.9. The van der Waals surface area contributed by atoms with Gasteiger partial charge in [-0.3, -0.25) is 4.90 Å². The van der Waals surface area contributed by atoms with Crippen LogP contribution in [-0.2, 0) is 20.6 Å². The molecule has 4 nitrogen and oxygen atoms in total. The Morgan fingerprint density at radius 2 is 1.69 bits per heavy atom. The van der Waals surface area contributed by atoms with Gasteiger partial charge in [-0.15, -0.1) is 0 Å². The molecule has 1 saturated heterocycles. The van der Waals surface area contributed by atoms with Crippen LogP contribution >= 0.6 is 7.14 Å². The van der Waals surface area contributed by atoms with Crippen LogP contribution < -0.4 is 0 Å². The lowest BCUT2D eigenvalue weighted by molar-refractivity contribution is -0.150. The van der Waals surface area contributed by atoms with Crippen molar-refractivity contribution in [3.05, 3.63) is 35.9 Å². The minimum Gasteiger partial charge on any atom is -0.369 e. The maximum atomic E-state index is 12.2. The molecule has 1 aromatic carbocycles. The van der Waals surface area contributed by atoms with Gasteiger partial charge in [0.15, 0.2) is 0 Å². The predicted molar refractivity (Wildman–Crippen MR) is 123 cm³/mol. The third-order valence-electron chi connectivity index (χ3n) is 5.87. The third-order valence-corrected chi connectivity index (χ3v) is 6.64. The van der Waals surface area contributed by atoms with Gasteiger partial charge in [0, 0.05) is 12.6 Å². The highest BCUT2D eigenvalue weighted by molar-refractivity contribution is 7.62. The maximum absolute atomic E-state index is 12.2. The Hall–Kier alpha value is -0.670. The van der Waals surface area contributed by atoms with E-state index in [9.17, 15) is 4.57 Å². The molecule has 1 fully saturated rings. The second kappa shape index (κ2) is 12.2. The van der Waals surface area contributed by atoms with Crippen molar-refractivity contribution in [1.29, 1.82) is 0 Å². The van der Waals surface area contributed by atoms with Gasteiger partial charge in [0.1, 0.15) is 7.14 Å². The summed E-state index contributed by atoms with van der Waals surface area (Å²) >= 11 is 0. The Bertz CT molecular complexity index is 618. The molecule has 4 atom stereocenters. The van der Waals surface area contributed by atoms with Crippen molar-refractivity contribution in [2.75, 3.05) is 32.8 Å². The van der Waals surface area contributed by atoms with Crippen LogP contribution in [0.5, 0.6) is 0 Å². The van der Waals surface area contributed by atoms with Crippen molar-refractivity contribution >= 4 is 7.14 Å². The summed E-state index contributed by atoms with van der Waals surface area (Å²) in [5.41, 5.74) is 1.18. The van der Waals surface area contributed by atoms with Crippen LogP contribution in [-0.4, -0.2) is 55.9 Å². The Labute approximate surface area is 178 Å². The lowest BCUT2D eigenvalue weighted by Crippen LogP contribution is -2.59. The van der Waals surface area contributed by atoms with E-state index in [2.05, 4.69) is 37.8 Å². The Balaban J connectivity index is 2.02. The number of hydrogen-bond donors (Lipinski definition) is 0. The highest BCUT2D eigenvalue weighted by Gasteiger charge is 2.41. The molecule has 29 heavy (non-hydrogen) atoms. The zero-order valence-corrected chi connectivity index (χ0v) is 20.1. The predicted octanol–water partition coefficient (Wildman–Crippen LogP) is 5.85. The van der Waals surface area contributed by atoms with Gasteiger partial charge in [0.2, 0.25) is 0 Å². The van der Waals surface area contributed by atoms with Crippen molar-refractivity contribution < 1.29 is 14.0 Å². The zero-order valence-electron chi connectivity index (χ0n) is 19.2. The normalized spacial score (nSPS) is 26.0. The van der Waals surface area contributed by atoms with E-state index in [0.717, 1.165) is 13.1 Å². The minimum absolute atomic E-state index is 0.0128. The van der Waals surface area contributed by atoms with Crippen LogP contribution in [0.1, 0.15) is 58.4 Å². The van der Waals surface area contributed by atoms with Crippen LogP contribution in [0.2, 0.25) is 0 Å². The molecule has 2 rings (SSSR count). The van der Waals surface area contributed by atoms with E-state index in [1.807, 2.05) is 18.2 Å². The molecule has 166 valence electrons. The maximum Gasteiger partial charge on any atom is 0.106 e. The number of unbranched alkanes of at least 4 members (excludes halogenated alkanes) is 4. The number of nitrogens with zero attached hydrogens (tertiary/aromatic N) is 1. The average Bonchev–Trinajstić information content (AvgIpc) is 2.68. The lowest BCUT2D eigenvalue weighted by Gasteiger charge is -2.47. The van der Waals surface area contributed by atoms with Gasteiger partial charge in [-0.25, -0.2) is 0 Å². The van der Waals surface area contributed by atoms with Gasteiger partial charge >= 0.3 is 0 Å². The number of hydrogen-bond acceptors (Lipinski definition) is 4. The first-order valence-corrected chi connectivity index (χ1v) is 14.2. The van der Waals surface area contributed by atoms with Crippen molar-refractivity contribution in [3.8, 4) is 0 Å². The first-order chi connectivity index (χ1) is 13.8. The number of likely N-dealkylation sites (tertiary alicyclic amines) is 1. The molecule has 1 heterocycles. The molecule has 5 heteroatoms. The molecule has 0 spiro atoms. The third kappa shape index (κ3) is 8.53. The van der Waals surface area contributed by atoms with Crippen LogP contribution in [0.25, 0.3) is 0 Å². The molecule has 0 aliphatic carbocycles. The molecule has 0 amide bonds. The van der Waals surface area contributed by atoms with Crippen LogP contribution in [0.3, 0.4) is 0 Å². The highest BCUT2D eigenvalue weighted by atomic mass is 31.2. The highest BCUT2D eigenvalue weighted by Crippen LogP contribution is 2.38. The average molecular weight is 424 g/mol. The summed E-state index contributed by atoms with van der Waals surface area (Å²) in [6.07, 6.45) is 6.79. The summed E-state index contributed by atoms with van der Waals surface area (Å²) in [5.74, 6) is 0.356. The molecule has 1 aliphatic rings. The second-order valence-electron chi connectivity index (χ2n) is 9.22. The van der Waals surface area contributed by atoms with Gasteiger partial charge in [-0.2, -0.15) is 0 Å². The van der Waals surface area contributed by atoms with E-state index in [1.165, 1.54) is 37.7 Å². The summed E-state index contributed by atoms with van der Waals surface area (Å²) in [4.78, 5) is 2.57. The number of benzene rings is 1. The molecular weight excluding hydrogens is 381 g/mol. The first kappa shape index (κ1) is 24.6. The zero-order chi connectivity index (χ0) is 21.3. The van der Waals surface area contributed by atoms with Gasteiger partial charge in [0.25, 0.3) is 0 Å². The summed E-state index contributed by atoms with van der Waals surface area (Å²) in [5, 5.41) is 0. The minimum atomic E-state index is -2.22. The van der Waals surface area contributed by atoms with Crippen molar-refractivity contribution in [1.82, 2.24) is 4.90 Å². The van der Waals surface area contributed by atoms with Crippen LogP contribution in [0.15, 0.2) is 30.3 Å². The topological polar surface area (TPSA) is 38.8 Å². The molecule has 1 aromatic rings. The van der Waals surface area contributed by atoms with E-state index in [4.69, 9.17) is 9.47 Å². The largest absolute Gasteiger partial charge is 0.369 e. The van der Waals surface area contributed by atoms with Gasteiger partial charge in [-0.1, -0.05) is 69.9 Å². The Morgan fingerprint density at radius 1 is 1.00 bits per heavy atom. The number of piperidine rings is 1. The summed E-state index contributed by atoms with van der Waals surface area (Å²) in [6, 6.07) is 10.6. The van der Waals surface area contributed by atoms with Crippen LogP contribution in [0, 0.1) is 5.92 Å². The molecule has 0 N–H and O–H groups in total. The standard InChI is InChI=1S/C24H42NO3P/c1-6-7-8-9-13-16-25-17-20(2)23(28-19-29(4,5)26)24(21(25)3)27-18-22-14-11-10-12-15-22/h10-12,14-15,20-21,23-24H,6-9,13,16-19H2,1-5H3/t20-,21+,23+,24-/m0/s1. The molecule has 0 unspecified atom stereocenters. The van der Waals surface area contributed by atoms with Crippen molar-refractivity contribution in [2.24, 2.45) is 5.92 Å². The molecule has 0 aromatic heterocycles. The van der Waals surface area contributed by atoms with E-state index < -0.39 is 7.14 Å². The molecule has 0 radical (unpaired) electrons. The number of rotatable bonds is 12. The van der Waals surface area contributed by atoms with Gasteiger partial charge in [-0.05, 0) is 44.7 Å². The second-order valence-corrected chi connectivity index (χ2v) is 12.6. The fourth-order valence-electron chi connectivity index (χ4n) is 4.18. The smallest absolute Gasteiger partial charge is 0.106 e. The van der Waals surface area contributed by atoms with Crippen molar-refractivity contribution in [3.63, 3.8) is 0 Å². The van der Waals surface area contributed by atoms with E-state index >= 15 is 0 Å². The summed E-state index contributed by atoms with van der Waals surface area (Å²) in [7, 11) is -2.22. The fourth-order valence-corrected chi connectivity index (χ4v) is 4.72. The quantitative estimate of drug-likeness (QED) is 0.312. The lowest BCUT2D eigenvalue weighted by atomic mass is 9.88. The van der Waals surface area contributed by atoms with Crippen LogP contribution in [0.4, 0.5) is 0 Å². The molecule has 0 bridgehead atoms. The fraction of sp³-hybridized carbons (Fsp3) is 0.750. The van der Waals surface area contributed by atoms with Crippen molar-refractivity contribution in [2.45, 2.75) is 77.7 Å². The molecular formula is C24H42NO3P. The van der Waals surface area contributed by atoms with Gasteiger partial charge < -0.3 is 14.0 Å². The van der Waals surface area contributed by atoms with E-state index in [-0.39, 0.29) is 12.2 Å². The molecule has 1 aliphatic heterocycles.